The van der Waals surface area contributed by atoms with Crippen LogP contribution in [0, 0.1) is 0 Å². The van der Waals surface area contributed by atoms with E-state index in [0.29, 0.717) is 0 Å². The van der Waals surface area contributed by atoms with Crippen molar-refractivity contribution < 1.29 is 14.3 Å². The first-order valence-electron chi connectivity index (χ1n) is 1.51. The Balaban J connectivity index is 2.96. The van der Waals surface area contributed by atoms with Crippen LogP contribution < -0.4 is 0 Å². The van der Waals surface area contributed by atoms with E-state index in [2.05, 4.69) is 0 Å². The largest absolute Gasteiger partial charge is 0.393 e. The molecule has 0 rings (SSSR count). The summed E-state index contributed by atoms with van der Waals surface area (Å²) < 4.78 is 11.2. The van der Waals surface area contributed by atoms with Crippen molar-refractivity contribution in [3.05, 3.63) is 0 Å². The van der Waals surface area contributed by atoms with Crippen molar-refractivity contribution in [3.63, 3.8) is 0 Å². The smallest absolute Gasteiger partial charge is 0.178 e. The molecule has 0 aliphatic heterocycles. The molecule has 1 N–H and O–H groups in total. The van der Waals surface area contributed by atoms with E-state index in [-0.39, 0.29) is 6.29 Å². The molecule has 6 heavy (non-hydrogen) atoms. The third-order valence-corrected chi connectivity index (χ3v) is 0.322. The van der Waals surface area contributed by atoms with E-state index in [1.54, 1.807) is 0 Å². The number of carbonyl (C=O) groups excluding carboxylic acids is 1. The standard InChI is InChI=1S/C3H5FO2/c4-3(1-5)2-6/h1,3,6H,2H2. The van der Waals surface area contributed by atoms with Crippen LogP contribution in [0.3, 0.4) is 0 Å². The maximum atomic E-state index is 11.2. The quantitative estimate of drug-likeness (QED) is 0.467. The highest BCUT2D eigenvalue weighted by Gasteiger charge is 1.96. The maximum absolute atomic E-state index is 11.2. The minimum atomic E-state index is -1.69. The highest BCUT2D eigenvalue weighted by Crippen LogP contribution is 1.77. The molecule has 1 atom stereocenters. The summed E-state index contributed by atoms with van der Waals surface area (Å²) >= 11 is 0. The Labute approximate surface area is 34.6 Å². The van der Waals surface area contributed by atoms with Crippen LogP contribution in [-0.2, 0) is 4.79 Å². The molecular formula is C3H5FO2. The van der Waals surface area contributed by atoms with Crippen LogP contribution in [0.15, 0.2) is 0 Å². The van der Waals surface area contributed by atoms with Gasteiger partial charge in [-0.05, 0) is 0 Å². The highest BCUT2D eigenvalue weighted by atomic mass is 19.1. The summed E-state index contributed by atoms with van der Waals surface area (Å²) in [6, 6.07) is 0. The first kappa shape index (κ1) is 5.56. The lowest BCUT2D eigenvalue weighted by molar-refractivity contribution is -0.113. The first-order valence-corrected chi connectivity index (χ1v) is 1.51. The van der Waals surface area contributed by atoms with Gasteiger partial charge in [0.1, 0.15) is 0 Å². The van der Waals surface area contributed by atoms with Crippen LogP contribution in [-0.4, -0.2) is 24.2 Å². The minimum absolute atomic E-state index is 0.0556. The van der Waals surface area contributed by atoms with Crippen molar-refractivity contribution in [1.29, 1.82) is 0 Å². The number of aldehydes is 1. The highest BCUT2D eigenvalue weighted by molar-refractivity contribution is 5.55. The molecule has 0 aromatic heterocycles. The van der Waals surface area contributed by atoms with Gasteiger partial charge in [-0.2, -0.15) is 0 Å². The molecule has 0 aliphatic carbocycles. The summed E-state index contributed by atoms with van der Waals surface area (Å²) in [5.41, 5.74) is 0. The Kier molecular flexibility index (Phi) is 2.58. The molecule has 1 unspecified atom stereocenters. The Hall–Kier alpha value is -0.440. The van der Waals surface area contributed by atoms with E-state index >= 15 is 0 Å². The van der Waals surface area contributed by atoms with Gasteiger partial charge in [-0.3, -0.25) is 0 Å². The van der Waals surface area contributed by atoms with Crippen molar-refractivity contribution in [1.82, 2.24) is 0 Å². The van der Waals surface area contributed by atoms with Gasteiger partial charge in [0.05, 0.1) is 6.61 Å². The maximum Gasteiger partial charge on any atom is 0.178 e. The minimum Gasteiger partial charge on any atom is -0.393 e. The predicted octanol–water partition coefficient (Wildman–Crippen LogP) is -0.484. The Bertz CT molecular complexity index is 46.1. The van der Waals surface area contributed by atoms with Gasteiger partial charge < -0.3 is 9.90 Å². The molecule has 0 fully saturated rings. The summed E-state index contributed by atoms with van der Waals surface area (Å²) in [5.74, 6) is 0. The molecule has 0 bridgehead atoms. The molecule has 36 valence electrons. The third kappa shape index (κ3) is 1.84. The van der Waals surface area contributed by atoms with Crippen LogP contribution in [0.4, 0.5) is 4.39 Å². The number of rotatable bonds is 2. The summed E-state index contributed by atoms with van der Waals surface area (Å²) in [5, 5.41) is 7.73. The van der Waals surface area contributed by atoms with E-state index in [4.69, 9.17) is 5.11 Å². The number of halogens is 1. The van der Waals surface area contributed by atoms with Gasteiger partial charge in [-0.25, -0.2) is 4.39 Å². The lowest BCUT2D eigenvalue weighted by Crippen LogP contribution is -2.05. The zero-order valence-electron chi connectivity index (χ0n) is 3.10. The number of alkyl halides is 1. The molecule has 0 radical (unpaired) electrons. The van der Waals surface area contributed by atoms with Crippen LogP contribution in [0.1, 0.15) is 0 Å². The third-order valence-electron chi connectivity index (χ3n) is 0.322. The van der Waals surface area contributed by atoms with E-state index in [1.165, 1.54) is 0 Å². The molecule has 0 heterocycles. The summed E-state index contributed by atoms with van der Waals surface area (Å²) in [7, 11) is 0. The summed E-state index contributed by atoms with van der Waals surface area (Å²) in [4.78, 5) is 9.20. The fourth-order valence-corrected chi connectivity index (χ4v) is 0.0430. The van der Waals surface area contributed by atoms with E-state index in [9.17, 15) is 9.18 Å². The second kappa shape index (κ2) is 2.78. The average molecular weight is 92.1 g/mol. The van der Waals surface area contributed by atoms with Crippen LogP contribution in [0.2, 0.25) is 0 Å². The van der Waals surface area contributed by atoms with Crippen LogP contribution in [0.25, 0.3) is 0 Å². The second-order valence-electron chi connectivity index (χ2n) is 0.835. The average Bonchev–Trinajstić information content (AvgIpc) is 1.65. The van der Waals surface area contributed by atoms with Gasteiger partial charge in [0.2, 0.25) is 0 Å². The van der Waals surface area contributed by atoms with Gasteiger partial charge >= 0.3 is 0 Å². The Morgan fingerprint density at radius 1 is 2.00 bits per heavy atom. The van der Waals surface area contributed by atoms with Crippen molar-refractivity contribution in [2.24, 2.45) is 0 Å². The SMILES string of the molecule is O=CC(F)CO. The second-order valence-corrected chi connectivity index (χ2v) is 0.835. The molecule has 2 nitrogen and oxygen atoms in total. The van der Waals surface area contributed by atoms with Crippen LogP contribution in [0.5, 0.6) is 0 Å². The molecule has 0 aromatic rings. The Morgan fingerprint density at radius 2 is 2.50 bits per heavy atom. The lowest BCUT2D eigenvalue weighted by atomic mass is 10.5. The lowest BCUT2D eigenvalue weighted by Gasteiger charge is -1.85. The van der Waals surface area contributed by atoms with Crippen LogP contribution >= 0.6 is 0 Å². The fourth-order valence-electron chi connectivity index (χ4n) is 0.0430. The monoisotopic (exact) mass is 92.0 g/mol. The fraction of sp³-hybridized carbons (Fsp3) is 0.667. The Morgan fingerprint density at radius 3 is 2.50 bits per heavy atom. The van der Waals surface area contributed by atoms with Crippen molar-refractivity contribution in [3.8, 4) is 0 Å². The number of hydrogen-bond acceptors (Lipinski definition) is 2. The first-order chi connectivity index (χ1) is 2.81. The zero-order valence-corrected chi connectivity index (χ0v) is 3.10. The molecule has 0 saturated heterocycles. The number of aliphatic hydroxyl groups is 1. The molecule has 0 saturated carbocycles. The van der Waals surface area contributed by atoms with E-state index in [0.717, 1.165) is 0 Å². The normalized spacial score (nSPS) is 13.7. The molecule has 0 amide bonds. The summed E-state index contributed by atoms with van der Waals surface area (Å²) in [6.45, 7) is -0.705. The van der Waals surface area contributed by atoms with E-state index in [1.807, 2.05) is 0 Å². The molecule has 3 heteroatoms. The molecular weight excluding hydrogens is 87.0 g/mol. The zero-order chi connectivity index (χ0) is 4.99. The van der Waals surface area contributed by atoms with Gasteiger partial charge in [0.25, 0.3) is 0 Å². The molecule has 0 aromatic carbocycles. The molecule has 0 spiro atoms. The number of aliphatic hydroxyl groups excluding tert-OH is 1. The predicted molar refractivity (Wildman–Crippen MR) is 18.0 cm³/mol. The number of hydrogen-bond donors (Lipinski definition) is 1. The van der Waals surface area contributed by atoms with Gasteiger partial charge in [-0.1, -0.05) is 0 Å². The van der Waals surface area contributed by atoms with Gasteiger partial charge in [-0.15, -0.1) is 0 Å². The van der Waals surface area contributed by atoms with Crippen molar-refractivity contribution in [2.75, 3.05) is 6.61 Å². The van der Waals surface area contributed by atoms with Gasteiger partial charge in [0.15, 0.2) is 12.5 Å². The van der Waals surface area contributed by atoms with Crippen molar-refractivity contribution in [2.45, 2.75) is 6.17 Å². The van der Waals surface area contributed by atoms with E-state index < -0.39 is 12.8 Å². The molecule has 0 aliphatic rings. The topological polar surface area (TPSA) is 37.3 Å². The number of carbonyl (C=O) groups is 1. The van der Waals surface area contributed by atoms with Gasteiger partial charge in [0, 0.05) is 0 Å². The van der Waals surface area contributed by atoms with Crippen molar-refractivity contribution >= 4 is 6.29 Å². The summed E-state index contributed by atoms with van der Waals surface area (Å²) in [6.07, 6.45) is -1.63.